The van der Waals surface area contributed by atoms with Crippen molar-refractivity contribution in [1.82, 2.24) is 9.71 Å². The maximum Gasteiger partial charge on any atom is 0.209 e. The van der Waals surface area contributed by atoms with Gasteiger partial charge in [0.05, 0.1) is 17.7 Å². The van der Waals surface area contributed by atoms with Gasteiger partial charge in [-0.3, -0.25) is 0 Å². The summed E-state index contributed by atoms with van der Waals surface area (Å²) in [4.78, 5) is 5.59. The molecule has 25 heavy (non-hydrogen) atoms. The molecule has 1 aromatic carbocycles. The van der Waals surface area contributed by atoms with E-state index in [1.807, 2.05) is 12.1 Å². The van der Waals surface area contributed by atoms with Gasteiger partial charge in [0.25, 0.3) is 0 Å². The van der Waals surface area contributed by atoms with Crippen LogP contribution in [0.5, 0.6) is 5.75 Å². The van der Waals surface area contributed by atoms with Gasteiger partial charge in [-0.2, -0.15) is 0 Å². The second kappa shape index (κ2) is 7.72. The summed E-state index contributed by atoms with van der Waals surface area (Å²) >= 11 is 1.47. The van der Waals surface area contributed by atoms with Crippen LogP contribution in [0.1, 0.15) is 37.1 Å². The zero-order chi connectivity index (χ0) is 17.9. The lowest BCUT2D eigenvalue weighted by molar-refractivity contribution is 0.462. The third-order valence-electron chi connectivity index (χ3n) is 4.23. The van der Waals surface area contributed by atoms with Gasteiger partial charge in [-0.25, -0.2) is 18.1 Å². The Bertz CT molecular complexity index is 810. The molecular weight excluding hydrogens is 358 g/mol. The van der Waals surface area contributed by atoms with Crippen LogP contribution in [0.15, 0.2) is 24.3 Å². The van der Waals surface area contributed by atoms with Crippen LogP contribution in [0.25, 0.3) is 10.4 Å². The zero-order valence-electron chi connectivity index (χ0n) is 14.2. The zero-order valence-corrected chi connectivity index (χ0v) is 15.8. The van der Waals surface area contributed by atoms with Crippen LogP contribution in [-0.2, 0) is 16.6 Å². The van der Waals surface area contributed by atoms with Gasteiger partial charge in [0.2, 0.25) is 10.0 Å². The highest BCUT2D eigenvalue weighted by Gasteiger charge is 2.19. The number of hydrogen-bond donors (Lipinski definition) is 3. The standard InChI is InChI=1S/C17H23N3O3S2/c1-25(22,23)18-11-15-20-17(19-13-5-3-2-4-6-13)16(24-15)12-7-9-14(21)10-8-12/h7-10,13,18-19,21H,2-6,11H2,1H3. The molecule has 2 aromatic rings. The van der Waals surface area contributed by atoms with E-state index < -0.39 is 10.0 Å². The number of phenols is 1. The summed E-state index contributed by atoms with van der Waals surface area (Å²) in [5, 5.41) is 13.8. The summed E-state index contributed by atoms with van der Waals surface area (Å²) in [6, 6.07) is 7.40. The predicted molar refractivity (Wildman–Crippen MR) is 101 cm³/mol. The first-order valence-corrected chi connectivity index (χ1v) is 11.1. The number of hydrogen-bond acceptors (Lipinski definition) is 6. The quantitative estimate of drug-likeness (QED) is 0.714. The van der Waals surface area contributed by atoms with E-state index in [9.17, 15) is 13.5 Å². The molecule has 0 aliphatic heterocycles. The van der Waals surface area contributed by atoms with Gasteiger partial charge in [0.15, 0.2) is 0 Å². The van der Waals surface area contributed by atoms with Crippen molar-refractivity contribution in [2.45, 2.75) is 44.7 Å². The molecule has 0 atom stereocenters. The summed E-state index contributed by atoms with van der Waals surface area (Å²) in [7, 11) is -3.26. The van der Waals surface area contributed by atoms with Crippen molar-refractivity contribution in [2.75, 3.05) is 11.6 Å². The van der Waals surface area contributed by atoms with Crippen molar-refractivity contribution in [1.29, 1.82) is 0 Å². The largest absolute Gasteiger partial charge is 0.508 e. The fourth-order valence-corrected chi connectivity index (χ4v) is 4.44. The second-order valence-electron chi connectivity index (χ2n) is 6.40. The molecule has 136 valence electrons. The predicted octanol–water partition coefficient (Wildman–Crippen LogP) is 3.31. The summed E-state index contributed by atoms with van der Waals surface area (Å²) in [5.74, 6) is 1.02. The molecular formula is C17H23N3O3S2. The maximum absolute atomic E-state index is 11.3. The van der Waals surface area contributed by atoms with Crippen molar-refractivity contribution in [2.24, 2.45) is 0 Å². The molecule has 0 amide bonds. The SMILES string of the molecule is CS(=O)(=O)NCc1nc(NC2CCCCC2)c(-c2ccc(O)cc2)s1. The fourth-order valence-electron chi connectivity index (χ4n) is 2.98. The molecule has 3 rings (SSSR count). The molecule has 1 saturated carbocycles. The van der Waals surface area contributed by atoms with Crippen molar-refractivity contribution in [3.8, 4) is 16.2 Å². The molecule has 0 bridgehead atoms. The number of rotatable bonds is 6. The maximum atomic E-state index is 11.3. The first-order valence-electron chi connectivity index (χ1n) is 8.41. The molecule has 6 nitrogen and oxygen atoms in total. The summed E-state index contributed by atoms with van der Waals surface area (Å²) in [6.45, 7) is 0.181. The van der Waals surface area contributed by atoms with E-state index >= 15 is 0 Å². The molecule has 0 radical (unpaired) electrons. The summed E-state index contributed by atoms with van der Waals surface area (Å²) in [5.41, 5.74) is 0.958. The van der Waals surface area contributed by atoms with Crippen LogP contribution < -0.4 is 10.0 Å². The van der Waals surface area contributed by atoms with E-state index in [4.69, 9.17) is 0 Å². The smallest absolute Gasteiger partial charge is 0.209 e. The van der Waals surface area contributed by atoms with E-state index in [0.717, 1.165) is 35.4 Å². The molecule has 1 aromatic heterocycles. The molecule has 3 N–H and O–H groups in total. The van der Waals surface area contributed by atoms with Crippen LogP contribution in [0.2, 0.25) is 0 Å². The Balaban J connectivity index is 1.86. The number of anilines is 1. The third-order valence-corrected chi connectivity index (χ3v) is 6.01. The van der Waals surface area contributed by atoms with Crippen molar-refractivity contribution >= 4 is 27.2 Å². The molecule has 1 fully saturated rings. The minimum Gasteiger partial charge on any atom is -0.508 e. The van der Waals surface area contributed by atoms with Gasteiger partial charge >= 0.3 is 0 Å². The van der Waals surface area contributed by atoms with E-state index in [0.29, 0.717) is 11.0 Å². The first kappa shape index (κ1) is 18.2. The van der Waals surface area contributed by atoms with Gasteiger partial charge in [-0.1, -0.05) is 19.3 Å². The molecule has 1 aliphatic carbocycles. The second-order valence-corrected chi connectivity index (χ2v) is 9.32. The topological polar surface area (TPSA) is 91.3 Å². The molecule has 0 spiro atoms. The van der Waals surface area contributed by atoms with Crippen molar-refractivity contribution in [3.05, 3.63) is 29.3 Å². The van der Waals surface area contributed by atoms with E-state index in [2.05, 4.69) is 15.0 Å². The van der Waals surface area contributed by atoms with Crippen molar-refractivity contribution in [3.63, 3.8) is 0 Å². The average Bonchev–Trinajstić information content (AvgIpc) is 2.97. The van der Waals surface area contributed by atoms with Crippen LogP contribution >= 0.6 is 11.3 Å². The van der Waals surface area contributed by atoms with Gasteiger partial charge in [-0.05, 0) is 42.7 Å². The van der Waals surface area contributed by atoms with Crippen LogP contribution in [0.4, 0.5) is 5.82 Å². The Labute approximate surface area is 152 Å². The summed E-state index contributed by atoms with van der Waals surface area (Å²) < 4.78 is 25.2. The molecule has 0 unspecified atom stereocenters. The lowest BCUT2D eigenvalue weighted by Gasteiger charge is -2.23. The highest BCUT2D eigenvalue weighted by Crippen LogP contribution is 2.36. The molecule has 1 aliphatic rings. The minimum absolute atomic E-state index is 0.181. The number of benzene rings is 1. The van der Waals surface area contributed by atoms with Gasteiger partial charge in [-0.15, -0.1) is 11.3 Å². The van der Waals surface area contributed by atoms with Crippen LogP contribution in [-0.4, -0.2) is 30.8 Å². The van der Waals surface area contributed by atoms with Crippen LogP contribution in [0.3, 0.4) is 0 Å². The van der Waals surface area contributed by atoms with Gasteiger partial charge in [0, 0.05) is 6.04 Å². The molecule has 0 saturated heterocycles. The number of phenolic OH excluding ortho intramolecular Hbond substituents is 1. The Morgan fingerprint density at radius 3 is 2.52 bits per heavy atom. The first-order chi connectivity index (χ1) is 11.9. The lowest BCUT2D eigenvalue weighted by atomic mass is 9.95. The van der Waals surface area contributed by atoms with E-state index in [1.165, 1.54) is 30.6 Å². The lowest BCUT2D eigenvalue weighted by Crippen LogP contribution is -2.23. The Morgan fingerprint density at radius 2 is 1.88 bits per heavy atom. The Morgan fingerprint density at radius 1 is 1.20 bits per heavy atom. The number of thiazole rings is 1. The third kappa shape index (κ3) is 5.17. The number of aromatic nitrogens is 1. The number of aromatic hydroxyl groups is 1. The minimum atomic E-state index is -3.26. The Hall–Kier alpha value is -1.64. The van der Waals surface area contributed by atoms with Crippen LogP contribution in [0, 0.1) is 0 Å². The number of sulfonamides is 1. The Kier molecular flexibility index (Phi) is 5.61. The van der Waals surface area contributed by atoms with Gasteiger partial charge in [0.1, 0.15) is 16.6 Å². The van der Waals surface area contributed by atoms with Gasteiger partial charge < -0.3 is 10.4 Å². The average molecular weight is 382 g/mol. The molecule has 8 heteroatoms. The monoisotopic (exact) mass is 381 g/mol. The van der Waals surface area contributed by atoms with E-state index in [-0.39, 0.29) is 12.3 Å². The normalized spacial score (nSPS) is 16.0. The molecule has 1 heterocycles. The number of nitrogens with one attached hydrogen (secondary N) is 2. The highest BCUT2D eigenvalue weighted by molar-refractivity contribution is 7.88. The van der Waals surface area contributed by atoms with Crippen molar-refractivity contribution < 1.29 is 13.5 Å². The fraction of sp³-hybridized carbons (Fsp3) is 0.471. The number of nitrogens with zero attached hydrogens (tertiary/aromatic N) is 1. The summed E-state index contributed by atoms with van der Waals surface area (Å²) in [6.07, 6.45) is 7.12. The van der Waals surface area contributed by atoms with E-state index in [1.54, 1.807) is 12.1 Å². The highest BCUT2D eigenvalue weighted by atomic mass is 32.2.